The summed E-state index contributed by atoms with van der Waals surface area (Å²) in [5, 5.41) is 10.4. The van der Waals surface area contributed by atoms with Gasteiger partial charge in [0.1, 0.15) is 12.4 Å². The van der Waals surface area contributed by atoms with Crippen molar-refractivity contribution in [1.82, 2.24) is 9.55 Å². The first-order chi connectivity index (χ1) is 13.7. The summed E-state index contributed by atoms with van der Waals surface area (Å²) >= 11 is 5.95. The third kappa shape index (κ3) is 6.77. The number of halogens is 1. The van der Waals surface area contributed by atoms with Crippen molar-refractivity contribution in [3.05, 3.63) is 51.5 Å². The molecule has 2 aromatic rings. The molecule has 1 saturated carbocycles. The summed E-state index contributed by atoms with van der Waals surface area (Å²) in [6, 6.07) is 8.52. The fourth-order valence-corrected chi connectivity index (χ4v) is 3.03. The first-order valence-corrected chi connectivity index (χ1v) is 10.3. The third-order valence-corrected chi connectivity index (χ3v) is 5.11. The van der Waals surface area contributed by atoms with Gasteiger partial charge in [0, 0.05) is 29.7 Å². The zero-order valence-electron chi connectivity index (χ0n) is 16.9. The molecular weight excluding hydrogens is 392 g/mol. The molecule has 29 heavy (non-hydrogen) atoms. The highest BCUT2D eigenvalue weighted by Crippen LogP contribution is 2.29. The topological polar surface area (TPSA) is 81.4 Å². The molecule has 1 aliphatic rings. The van der Waals surface area contributed by atoms with Crippen molar-refractivity contribution in [2.75, 3.05) is 6.61 Å². The number of aromatic nitrogens is 2. The molecule has 7 heteroatoms. The van der Waals surface area contributed by atoms with Crippen molar-refractivity contribution in [2.45, 2.75) is 58.3 Å². The molecule has 0 radical (unpaired) electrons. The maximum Gasteiger partial charge on any atom is 0.254 e. The van der Waals surface area contributed by atoms with E-state index in [1.807, 2.05) is 0 Å². The first-order valence-electron chi connectivity index (χ1n) is 9.90. The van der Waals surface area contributed by atoms with Crippen LogP contribution in [0.15, 0.2) is 35.1 Å². The summed E-state index contributed by atoms with van der Waals surface area (Å²) in [6.07, 6.45) is 2.86. The van der Waals surface area contributed by atoms with Gasteiger partial charge in [0.15, 0.2) is 5.78 Å². The Morgan fingerprint density at radius 1 is 1.31 bits per heavy atom. The van der Waals surface area contributed by atoms with E-state index < -0.39 is 5.60 Å². The molecule has 0 atom stereocenters. The van der Waals surface area contributed by atoms with Crippen LogP contribution < -0.4 is 5.56 Å². The quantitative estimate of drug-likeness (QED) is 0.637. The average Bonchev–Trinajstić information content (AvgIpc) is 3.47. The van der Waals surface area contributed by atoms with Crippen molar-refractivity contribution in [1.29, 1.82) is 0 Å². The van der Waals surface area contributed by atoms with Crippen LogP contribution in [0.4, 0.5) is 0 Å². The highest BCUT2D eigenvalue weighted by molar-refractivity contribution is 6.30. The average molecular weight is 419 g/mol. The first kappa shape index (κ1) is 21.7. The van der Waals surface area contributed by atoms with Crippen LogP contribution in [-0.2, 0) is 22.7 Å². The van der Waals surface area contributed by atoms with Crippen LogP contribution in [0.25, 0.3) is 11.3 Å². The molecule has 0 amide bonds. The number of benzene rings is 1. The van der Waals surface area contributed by atoms with Crippen molar-refractivity contribution in [3.63, 3.8) is 0 Å². The second-order valence-corrected chi connectivity index (χ2v) is 8.73. The molecule has 1 heterocycles. The second-order valence-electron chi connectivity index (χ2n) is 8.30. The fraction of sp³-hybridized carbons (Fsp3) is 0.500. The van der Waals surface area contributed by atoms with Gasteiger partial charge in [0.05, 0.1) is 17.8 Å². The van der Waals surface area contributed by atoms with Crippen LogP contribution in [0.3, 0.4) is 0 Å². The summed E-state index contributed by atoms with van der Waals surface area (Å²) in [4.78, 5) is 29.8. The van der Waals surface area contributed by atoms with Gasteiger partial charge in [-0.1, -0.05) is 23.7 Å². The maximum atomic E-state index is 12.8. The zero-order valence-corrected chi connectivity index (χ0v) is 17.6. The number of carbonyl (C=O) groups excluding carboxylic acids is 1. The van der Waals surface area contributed by atoms with Gasteiger partial charge in [0.25, 0.3) is 5.56 Å². The largest absolute Gasteiger partial charge is 0.390 e. The predicted octanol–water partition coefficient (Wildman–Crippen LogP) is 3.61. The number of Topliss-reactive ketones (excluding diaryl/α,β-unsaturated/α-hetero) is 1. The SMILES string of the molecule is CC(C)(O)CCC(=O)Cn1c(COCC2CC2)nc(-c2ccc(Cl)cc2)cc1=O. The van der Waals surface area contributed by atoms with Crippen LogP contribution in [-0.4, -0.2) is 32.6 Å². The minimum Gasteiger partial charge on any atom is -0.390 e. The smallest absolute Gasteiger partial charge is 0.254 e. The monoisotopic (exact) mass is 418 g/mol. The Bertz CT molecular complexity index is 912. The van der Waals surface area contributed by atoms with E-state index in [2.05, 4.69) is 4.98 Å². The van der Waals surface area contributed by atoms with Gasteiger partial charge < -0.3 is 9.84 Å². The Hall–Kier alpha value is -2.02. The number of ketones is 1. The lowest BCUT2D eigenvalue weighted by Crippen LogP contribution is -2.30. The van der Waals surface area contributed by atoms with Crippen molar-refractivity contribution >= 4 is 17.4 Å². The van der Waals surface area contributed by atoms with Crippen LogP contribution >= 0.6 is 11.6 Å². The predicted molar refractivity (Wildman–Crippen MR) is 112 cm³/mol. The Labute approximate surface area is 175 Å². The Kier molecular flexibility index (Phi) is 6.88. The number of hydrogen-bond acceptors (Lipinski definition) is 5. The molecule has 3 rings (SSSR count). The third-order valence-electron chi connectivity index (χ3n) is 4.86. The molecular formula is C22H27ClN2O4. The molecule has 1 aliphatic carbocycles. The van der Waals surface area contributed by atoms with Gasteiger partial charge in [-0.2, -0.15) is 0 Å². The molecule has 0 saturated heterocycles. The molecule has 0 spiro atoms. The van der Waals surface area contributed by atoms with E-state index in [0.29, 0.717) is 35.5 Å². The number of aliphatic hydroxyl groups is 1. The minimum atomic E-state index is -0.923. The molecule has 0 bridgehead atoms. The fourth-order valence-electron chi connectivity index (χ4n) is 2.90. The Morgan fingerprint density at radius 3 is 2.62 bits per heavy atom. The van der Waals surface area contributed by atoms with Gasteiger partial charge >= 0.3 is 0 Å². The van der Waals surface area contributed by atoms with Crippen LogP contribution in [0.5, 0.6) is 0 Å². The highest BCUT2D eigenvalue weighted by atomic mass is 35.5. The summed E-state index contributed by atoms with van der Waals surface area (Å²) in [7, 11) is 0. The van der Waals surface area contributed by atoms with Crippen LogP contribution in [0.2, 0.25) is 5.02 Å². The molecule has 0 unspecified atom stereocenters. The molecule has 1 aromatic heterocycles. The molecule has 156 valence electrons. The number of rotatable bonds is 10. The van der Waals surface area contributed by atoms with E-state index in [0.717, 1.165) is 5.56 Å². The molecule has 1 fully saturated rings. The van der Waals surface area contributed by atoms with E-state index >= 15 is 0 Å². The Balaban J connectivity index is 1.83. The van der Waals surface area contributed by atoms with E-state index in [9.17, 15) is 14.7 Å². The van der Waals surface area contributed by atoms with Crippen LogP contribution in [0, 0.1) is 5.92 Å². The van der Waals surface area contributed by atoms with Crippen molar-refractivity contribution in [3.8, 4) is 11.3 Å². The Morgan fingerprint density at radius 2 is 2.00 bits per heavy atom. The van der Waals surface area contributed by atoms with Crippen molar-refractivity contribution in [2.24, 2.45) is 5.92 Å². The summed E-state index contributed by atoms with van der Waals surface area (Å²) in [5.74, 6) is 0.890. The molecule has 6 nitrogen and oxygen atoms in total. The van der Waals surface area contributed by atoms with E-state index in [4.69, 9.17) is 16.3 Å². The van der Waals surface area contributed by atoms with Gasteiger partial charge in [-0.3, -0.25) is 14.2 Å². The van der Waals surface area contributed by atoms with Crippen LogP contribution in [0.1, 0.15) is 45.4 Å². The molecule has 1 N–H and O–H groups in total. The number of hydrogen-bond donors (Lipinski definition) is 1. The second kappa shape index (κ2) is 9.20. The lowest BCUT2D eigenvalue weighted by molar-refractivity contribution is -0.120. The highest BCUT2D eigenvalue weighted by Gasteiger charge is 2.22. The van der Waals surface area contributed by atoms with E-state index in [1.54, 1.807) is 38.1 Å². The number of carbonyl (C=O) groups is 1. The maximum absolute atomic E-state index is 12.8. The zero-order chi connectivity index (χ0) is 21.0. The summed E-state index contributed by atoms with van der Waals surface area (Å²) < 4.78 is 7.12. The minimum absolute atomic E-state index is 0.0784. The van der Waals surface area contributed by atoms with Crippen molar-refractivity contribution < 1.29 is 14.6 Å². The summed E-state index contributed by atoms with van der Waals surface area (Å²) in [5.41, 5.74) is 0.0759. The van der Waals surface area contributed by atoms with Gasteiger partial charge in [-0.15, -0.1) is 0 Å². The molecule has 0 aliphatic heterocycles. The lowest BCUT2D eigenvalue weighted by Gasteiger charge is -2.17. The number of ether oxygens (including phenoxy) is 1. The standard InChI is InChI=1S/C22H27ClN2O4/c1-22(2,28)10-9-18(26)12-25-20(14-29-13-15-3-4-15)24-19(11-21(25)27)16-5-7-17(23)8-6-16/h5-8,11,15,28H,3-4,9-10,12-14H2,1-2H3. The van der Waals surface area contributed by atoms with Gasteiger partial charge in [-0.25, -0.2) is 4.98 Å². The summed E-state index contributed by atoms with van der Waals surface area (Å²) in [6.45, 7) is 4.04. The van der Waals surface area contributed by atoms with E-state index in [1.165, 1.54) is 23.5 Å². The number of nitrogens with zero attached hydrogens (tertiary/aromatic N) is 2. The van der Waals surface area contributed by atoms with Gasteiger partial charge in [-0.05, 0) is 51.2 Å². The molecule has 1 aromatic carbocycles. The lowest BCUT2D eigenvalue weighted by atomic mass is 10.0. The normalized spacial score (nSPS) is 14.2. The van der Waals surface area contributed by atoms with E-state index in [-0.39, 0.29) is 30.9 Å². The van der Waals surface area contributed by atoms with Gasteiger partial charge in [0.2, 0.25) is 0 Å².